The van der Waals surface area contributed by atoms with Crippen LogP contribution in [-0.4, -0.2) is 62.8 Å². The van der Waals surface area contributed by atoms with E-state index in [2.05, 4.69) is 19.2 Å². The van der Waals surface area contributed by atoms with Gasteiger partial charge in [-0.05, 0) is 37.0 Å². The van der Waals surface area contributed by atoms with Gasteiger partial charge in [0.05, 0.1) is 4.90 Å². The highest BCUT2D eigenvalue weighted by atomic mass is 32.2. The Hall–Kier alpha value is -1.44. The van der Waals surface area contributed by atoms with E-state index in [1.54, 1.807) is 18.2 Å². The maximum atomic E-state index is 13.1. The summed E-state index contributed by atoms with van der Waals surface area (Å²) in [5, 5.41) is 3.22. The quantitative estimate of drug-likeness (QED) is 0.746. The second-order valence-electron chi connectivity index (χ2n) is 7.28. The van der Waals surface area contributed by atoms with Crippen molar-refractivity contribution in [1.82, 2.24) is 14.5 Å². The molecule has 26 heavy (non-hydrogen) atoms. The van der Waals surface area contributed by atoms with Crippen LogP contribution < -0.4 is 5.32 Å². The molecule has 1 saturated heterocycles. The second-order valence-corrected chi connectivity index (χ2v) is 9.22. The molecule has 146 valence electrons. The smallest absolute Gasteiger partial charge is 0.243 e. The summed E-state index contributed by atoms with van der Waals surface area (Å²) >= 11 is 0. The summed E-state index contributed by atoms with van der Waals surface area (Å²) in [5.41, 5.74) is 0.909. The number of hydrogen-bond acceptors (Lipinski definition) is 4. The molecule has 1 aromatic rings. The predicted molar refractivity (Wildman–Crippen MR) is 103 cm³/mol. The van der Waals surface area contributed by atoms with Crippen molar-refractivity contribution in [2.45, 2.75) is 38.5 Å². The molecule has 0 bridgehead atoms. The highest BCUT2D eigenvalue weighted by molar-refractivity contribution is 7.89. The SMILES string of the molecule is Cc1cccc(S(=O)(=O)N(CCC(=O)N2CCNCC2)CCC(C)C)c1. The van der Waals surface area contributed by atoms with Crippen molar-refractivity contribution in [3.05, 3.63) is 29.8 Å². The van der Waals surface area contributed by atoms with E-state index in [-0.39, 0.29) is 18.9 Å². The van der Waals surface area contributed by atoms with Crippen molar-refractivity contribution in [3.63, 3.8) is 0 Å². The Bertz CT molecular complexity index is 698. The Morgan fingerprint density at radius 1 is 1.23 bits per heavy atom. The lowest BCUT2D eigenvalue weighted by Gasteiger charge is -2.29. The fraction of sp³-hybridized carbons (Fsp3) is 0.632. The fourth-order valence-electron chi connectivity index (χ4n) is 2.97. The van der Waals surface area contributed by atoms with Crippen molar-refractivity contribution in [3.8, 4) is 0 Å². The molecule has 0 radical (unpaired) electrons. The summed E-state index contributed by atoms with van der Waals surface area (Å²) < 4.78 is 27.6. The molecular formula is C19H31N3O3S. The topological polar surface area (TPSA) is 69.7 Å². The molecule has 2 rings (SSSR count). The molecule has 1 aliphatic rings. The van der Waals surface area contributed by atoms with Gasteiger partial charge in [0.15, 0.2) is 0 Å². The van der Waals surface area contributed by atoms with E-state index >= 15 is 0 Å². The molecule has 0 aliphatic carbocycles. The van der Waals surface area contributed by atoms with E-state index in [0.717, 1.165) is 25.1 Å². The number of piperazine rings is 1. The minimum atomic E-state index is -3.60. The third-order valence-corrected chi connectivity index (χ3v) is 6.52. The lowest BCUT2D eigenvalue weighted by atomic mass is 10.1. The van der Waals surface area contributed by atoms with E-state index in [9.17, 15) is 13.2 Å². The van der Waals surface area contributed by atoms with Crippen LogP contribution in [0.3, 0.4) is 0 Å². The highest BCUT2D eigenvalue weighted by Gasteiger charge is 2.26. The molecule has 1 fully saturated rings. The molecule has 1 heterocycles. The first-order valence-electron chi connectivity index (χ1n) is 9.36. The number of rotatable bonds is 8. The Balaban J connectivity index is 2.10. The Morgan fingerprint density at radius 2 is 1.92 bits per heavy atom. The highest BCUT2D eigenvalue weighted by Crippen LogP contribution is 2.19. The molecule has 0 spiro atoms. The van der Waals surface area contributed by atoms with Crippen LogP contribution >= 0.6 is 0 Å². The lowest BCUT2D eigenvalue weighted by Crippen LogP contribution is -2.47. The van der Waals surface area contributed by atoms with Gasteiger partial charge in [-0.25, -0.2) is 8.42 Å². The Kier molecular flexibility index (Phi) is 7.61. The van der Waals surface area contributed by atoms with Crippen LogP contribution in [0.15, 0.2) is 29.2 Å². The minimum Gasteiger partial charge on any atom is -0.340 e. The molecule has 0 saturated carbocycles. The first kappa shape index (κ1) is 20.9. The first-order valence-corrected chi connectivity index (χ1v) is 10.8. The number of sulfonamides is 1. The minimum absolute atomic E-state index is 0.0282. The second kappa shape index (κ2) is 9.48. The number of hydrogen-bond donors (Lipinski definition) is 1. The van der Waals surface area contributed by atoms with E-state index in [4.69, 9.17) is 0 Å². The predicted octanol–water partition coefficient (Wildman–Crippen LogP) is 1.85. The van der Waals surface area contributed by atoms with Gasteiger partial charge >= 0.3 is 0 Å². The molecular weight excluding hydrogens is 350 g/mol. The monoisotopic (exact) mass is 381 g/mol. The summed E-state index contributed by atoms with van der Waals surface area (Å²) in [6.07, 6.45) is 0.996. The Morgan fingerprint density at radius 3 is 2.54 bits per heavy atom. The van der Waals surface area contributed by atoms with Crippen LogP contribution in [0.4, 0.5) is 0 Å². The molecule has 1 amide bonds. The average Bonchev–Trinajstić information content (AvgIpc) is 2.61. The number of amides is 1. The van der Waals surface area contributed by atoms with Crippen molar-refractivity contribution in [1.29, 1.82) is 0 Å². The molecule has 0 unspecified atom stereocenters. The van der Waals surface area contributed by atoms with Crippen LogP contribution in [0, 0.1) is 12.8 Å². The van der Waals surface area contributed by atoms with Crippen LogP contribution in [0.25, 0.3) is 0 Å². The van der Waals surface area contributed by atoms with Crippen molar-refractivity contribution >= 4 is 15.9 Å². The van der Waals surface area contributed by atoms with Gasteiger partial charge in [0.25, 0.3) is 0 Å². The lowest BCUT2D eigenvalue weighted by molar-refractivity contribution is -0.131. The van der Waals surface area contributed by atoms with E-state index in [0.29, 0.717) is 30.4 Å². The van der Waals surface area contributed by atoms with Crippen LogP contribution in [-0.2, 0) is 14.8 Å². The molecule has 6 nitrogen and oxygen atoms in total. The first-order chi connectivity index (χ1) is 12.3. The van der Waals surface area contributed by atoms with E-state index in [1.807, 2.05) is 17.9 Å². The molecule has 1 aliphatic heterocycles. The third-order valence-electron chi connectivity index (χ3n) is 4.63. The fourth-order valence-corrected chi connectivity index (χ4v) is 4.53. The van der Waals surface area contributed by atoms with Crippen molar-refractivity contribution in [2.24, 2.45) is 5.92 Å². The van der Waals surface area contributed by atoms with Gasteiger partial charge < -0.3 is 10.2 Å². The zero-order valence-electron chi connectivity index (χ0n) is 16.1. The maximum absolute atomic E-state index is 13.1. The van der Waals surface area contributed by atoms with Gasteiger partial charge in [-0.3, -0.25) is 4.79 Å². The van der Waals surface area contributed by atoms with Crippen LogP contribution in [0.1, 0.15) is 32.3 Å². The van der Waals surface area contributed by atoms with Crippen molar-refractivity contribution < 1.29 is 13.2 Å². The number of nitrogens with zero attached hydrogens (tertiary/aromatic N) is 2. The van der Waals surface area contributed by atoms with Gasteiger partial charge in [0, 0.05) is 45.7 Å². The summed E-state index contributed by atoms with van der Waals surface area (Å²) in [4.78, 5) is 14.6. The Labute approximate surface area is 157 Å². The largest absolute Gasteiger partial charge is 0.340 e. The van der Waals surface area contributed by atoms with Crippen LogP contribution in [0.2, 0.25) is 0 Å². The number of carbonyl (C=O) groups excluding carboxylic acids is 1. The van der Waals surface area contributed by atoms with Gasteiger partial charge in [-0.15, -0.1) is 0 Å². The molecule has 0 aromatic heterocycles. The standard InChI is InChI=1S/C19H31N3O3S/c1-16(2)7-11-22(12-8-19(23)21-13-9-20-10-14-21)26(24,25)18-6-4-5-17(3)15-18/h4-6,15-16,20H,7-14H2,1-3H3. The van der Waals surface area contributed by atoms with Crippen molar-refractivity contribution in [2.75, 3.05) is 39.3 Å². The number of benzene rings is 1. The molecule has 7 heteroatoms. The van der Waals surface area contributed by atoms with Gasteiger partial charge in [0.1, 0.15) is 0 Å². The molecule has 1 N–H and O–H groups in total. The summed E-state index contributed by atoms with van der Waals surface area (Å²) in [6.45, 7) is 9.66. The average molecular weight is 382 g/mol. The third kappa shape index (κ3) is 5.79. The van der Waals surface area contributed by atoms with E-state index in [1.165, 1.54) is 4.31 Å². The van der Waals surface area contributed by atoms with Gasteiger partial charge in [-0.1, -0.05) is 26.0 Å². The number of aryl methyl sites for hydroxylation is 1. The molecule has 0 atom stereocenters. The van der Waals surface area contributed by atoms with Gasteiger partial charge in [0.2, 0.25) is 15.9 Å². The number of nitrogens with one attached hydrogen (secondary N) is 1. The zero-order valence-corrected chi connectivity index (χ0v) is 16.9. The molecule has 1 aromatic carbocycles. The zero-order chi connectivity index (χ0) is 19.2. The maximum Gasteiger partial charge on any atom is 0.243 e. The normalized spacial score (nSPS) is 15.7. The summed E-state index contributed by atoms with van der Waals surface area (Å²) in [5.74, 6) is 0.426. The number of carbonyl (C=O) groups is 1. The van der Waals surface area contributed by atoms with Gasteiger partial charge in [-0.2, -0.15) is 4.31 Å². The van der Waals surface area contributed by atoms with E-state index < -0.39 is 10.0 Å². The van der Waals surface area contributed by atoms with Crippen LogP contribution in [0.5, 0.6) is 0 Å². The summed E-state index contributed by atoms with van der Waals surface area (Å²) in [6, 6.07) is 6.96. The summed E-state index contributed by atoms with van der Waals surface area (Å²) in [7, 11) is -3.60.